The number of hydrogen-bond donors (Lipinski definition) is 2. The lowest BCUT2D eigenvalue weighted by Gasteiger charge is -2.35. The number of epoxide rings is 1. The summed E-state index contributed by atoms with van der Waals surface area (Å²) in [5.41, 5.74) is -0.748. The average molecular weight is 488 g/mol. The Balaban J connectivity index is 1.83. The highest BCUT2D eigenvalue weighted by molar-refractivity contribution is 5.88. The van der Waals surface area contributed by atoms with Crippen molar-refractivity contribution in [3.63, 3.8) is 0 Å². The van der Waals surface area contributed by atoms with E-state index in [9.17, 15) is 19.8 Å². The van der Waals surface area contributed by atoms with Gasteiger partial charge < -0.3 is 19.7 Å². The summed E-state index contributed by atoms with van der Waals surface area (Å²) in [4.78, 5) is 30.5. The molecule has 3 heterocycles. The van der Waals surface area contributed by atoms with Crippen molar-refractivity contribution in [1.82, 2.24) is 4.98 Å². The van der Waals surface area contributed by atoms with Crippen molar-refractivity contribution in [2.24, 2.45) is 17.3 Å². The molecular formula is C28H41NO6. The van der Waals surface area contributed by atoms with Crippen LogP contribution in [0.3, 0.4) is 0 Å². The first-order valence-corrected chi connectivity index (χ1v) is 12.8. The quantitative estimate of drug-likeness (QED) is 0.488. The Kier molecular flexibility index (Phi) is 8.89. The monoisotopic (exact) mass is 487 g/mol. The summed E-state index contributed by atoms with van der Waals surface area (Å²) in [5.74, 6) is -1.47. The number of rotatable bonds is 3. The molecular weight excluding hydrogens is 446 g/mol. The summed E-state index contributed by atoms with van der Waals surface area (Å²) < 4.78 is 11.8. The molecule has 2 fully saturated rings. The summed E-state index contributed by atoms with van der Waals surface area (Å²) in [6.45, 7) is 9.18. The second kappa shape index (κ2) is 11.3. The molecule has 1 aromatic heterocycles. The lowest BCUT2D eigenvalue weighted by atomic mass is 9.71. The largest absolute Gasteiger partial charge is 0.458 e. The predicted octanol–water partition coefficient (Wildman–Crippen LogP) is 4.11. The number of cyclic esters (lactones) is 1. The van der Waals surface area contributed by atoms with E-state index in [4.69, 9.17) is 9.47 Å². The number of carbonyl (C=O) groups is 2. The third-order valence-electron chi connectivity index (χ3n) is 7.87. The fraction of sp³-hybridized carbons (Fsp3) is 0.679. The van der Waals surface area contributed by atoms with Crippen molar-refractivity contribution in [2.75, 3.05) is 0 Å². The van der Waals surface area contributed by atoms with Crippen molar-refractivity contribution < 1.29 is 29.3 Å². The van der Waals surface area contributed by atoms with Crippen molar-refractivity contribution in [3.05, 3.63) is 36.2 Å². The van der Waals surface area contributed by atoms with Crippen LogP contribution in [0.15, 0.2) is 30.5 Å². The van der Waals surface area contributed by atoms with Crippen LogP contribution in [-0.4, -0.2) is 57.0 Å². The van der Waals surface area contributed by atoms with Crippen LogP contribution >= 0.6 is 0 Å². The highest BCUT2D eigenvalue weighted by Crippen LogP contribution is 2.44. The summed E-state index contributed by atoms with van der Waals surface area (Å²) >= 11 is 0. The molecule has 0 bridgehead atoms. The van der Waals surface area contributed by atoms with Gasteiger partial charge in [0.15, 0.2) is 0 Å². The zero-order chi connectivity index (χ0) is 25.8. The third kappa shape index (κ3) is 6.78. The van der Waals surface area contributed by atoms with Gasteiger partial charge in [-0.1, -0.05) is 40.2 Å². The number of hydrogen-bond acceptors (Lipinski definition) is 7. The van der Waals surface area contributed by atoms with Gasteiger partial charge in [0.1, 0.15) is 11.9 Å². The Bertz CT molecular complexity index is 900. The molecule has 2 N–H and O–H groups in total. The zero-order valence-corrected chi connectivity index (χ0v) is 21.6. The maximum absolute atomic E-state index is 13.4. The lowest BCUT2D eigenvalue weighted by Crippen LogP contribution is -2.46. The number of fused-ring (bicyclic) bond motifs is 1. The summed E-state index contributed by atoms with van der Waals surface area (Å²) in [6.07, 6.45) is 5.82. The molecule has 0 amide bonds. The van der Waals surface area contributed by atoms with Crippen molar-refractivity contribution in [2.45, 2.75) is 103 Å². The third-order valence-corrected chi connectivity index (χ3v) is 7.87. The predicted molar refractivity (Wildman–Crippen MR) is 133 cm³/mol. The van der Waals surface area contributed by atoms with Crippen LogP contribution in [0.25, 0.3) is 6.08 Å². The molecule has 2 aliphatic rings. The smallest absolute Gasteiger partial charge is 0.309 e. The molecule has 35 heavy (non-hydrogen) atoms. The van der Waals surface area contributed by atoms with E-state index < -0.39 is 35.6 Å². The number of ether oxygens (including phenoxy) is 2. The van der Waals surface area contributed by atoms with Gasteiger partial charge in [-0.25, -0.2) is 0 Å². The molecule has 7 atom stereocenters. The number of aliphatic hydroxyl groups excluding tert-OH is 2. The van der Waals surface area contributed by atoms with E-state index >= 15 is 0 Å². The maximum atomic E-state index is 13.4. The van der Waals surface area contributed by atoms with Crippen LogP contribution in [0.1, 0.15) is 78.8 Å². The highest BCUT2D eigenvalue weighted by atomic mass is 16.6. The van der Waals surface area contributed by atoms with Gasteiger partial charge >= 0.3 is 5.97 Å². The summed E-state index contributed by atoms with van der Waals surface area (Å²) in [7, 11) is 0. The number of Topliss-reactive ketones (excluding diaryl/α,β-unsaturated/α-hetero) is 1. The topological polar surface area (TPSA) is 109 Å². The number of aromatic nitrogens is 1. The molecule has 7 heteroatoms. The standard InChI is InChI=1S/C28H41NO6/c1-6-21-25(32)18(2)10-9-14-28(5)23(35-28)16-20(13-12-19-11-7-8-15-29-19)34-24(31)17-22(30)27(3,4)26(21)33/h7-8,11-13,15,18,20-23,25,30,32H,6,9-10,14,16-17H2,1-5H3. The fourth-order valence-corrected chi connectivity index (χ4v) is 5.06. The van der Waals surface area contributed by atoms with Gasteiger partial charge in [-0.05, 0) is 56.4 Å². The highest BCUT2D eigenvalue weighted by Gasteiger charge is 2.52. The minimum absolute atomic E-state index is 0.0480. The van der Waals surface area contributed by atoms with E-state index in [1.165, 1.54) is 0 Å². The normalized spacial score (nSPS) is 37.0. The second-order valence-electron chi connectivity index (χ2n) is 11.0. The molecule has 0 saturated carbocycles. The van der Waals surface area contributed by atoms with E-state index in [1.807, 2.05) is 38.1 Å². The number of esters is 1. The van der Waals surface area contributed by atoms with Crippen molar-refractivity contribution in [3.8, 4) is 0 Å². The molecule has 0 spiro atoms. The van der Waals surface area contributed by atoms with Gasteiger partial charge in [-0.3, -0.25) is 14.6 Å². The zero-order valence-electron chi connectivity index (χ0n) is 21.6. The van der Waals surface area contributed by atoms with Gasteiger partial charge in [-0.2, -0.15) is 0 Å². The molecule has 0 aliphatic carbocycles. The van der Waals surface area contributed by atoms with Crippen LogP contribution in [0.4, 0.5) is 0 Å². The fourth-order valence-electron chi connectivity index (χ4n) is 5.06. The van der Waals surface area contributed by atoms with E-state index in [-0.39, 0.29) is 29.8 Å². The number of nitrogens with zero attached hydrogens (tertiary/aromatic N) is 1. The molecule has 7 unspecified atom stereocenters. The molecule has 194 valence electrons. The number of ketones is 1. The first-order valence-electron chi connectivity index (χ1n) is 12.8. The van der Waals surface area contributed by atoms with Crippen molar-refractivity contribution >= 4 is 17.8 Å². The minimum atomic E-state index is -1.23. The molecule has 1 aromatic rings. The Morgan fingerprint density at radius 3 is 2.60 bits per heavy atom. The van der Waals surface area contributed by atoms with Crippen LogP contribution in [0.2, 0.25) is 0 Å². The molecule has 2 aliphatic heterocycles. The Hall–Kier alpha value is -2.09. The molecule has 0 aromatic carbocycles. The number of carbonyl (C=O) groups excluding carboxylic acids is 2. The second-order valence-corrected chi connectivity index (χ2v) is 11.0. The number of pyridine rings is 1. The van der Waals surface area contributed by atoms with Crippen molar-refractivity contribution in [1.29, 1.82) is 0 Å². The summed E-state index contributed by atoms with van der Waals surface area (Å²) in [6, 6.07) is 5.58. The Morgan fingerprint density at radius 2 is 1.94 bits per heavy atom. The minimum Gasteiger partial charge on any atom is -0.458 e. The van der Waals surface area contributed by atoms with E-state index in [1.54, 1.807) is 26.1 Å². The van der Waals surface area contributed by atoms with Crippen LogP contribution in [-0.2, 0) is 19.1 Å². The molecule has 7 nitrogen and oxygen atoms in total. The SMILES string of the molecule is CCC1C(=O)C(C)(C)C(O)CC(=O)OC(C=Cc2ccccn2)CC2OC2(C)CCCC(C)C1O. The van der Waals surface area contributed by atoms with Gasteiger partial charge in [-0.15, -0.1) is 0 Å². The van der Waals surface area contributed by atoms with Gasteiger partial charge in [0.25, 0.3) is 0 Å². The van der Waals surface area contributed by atoms with Gasteiger partial charge in [0.05, 0.1) is 41.4 Å². The van der Waals surface area contributed by atoms with Gasteiger partial charge in [0, 0.05) is 18.5 Å². The first-order chi connectivity index (χ1) is 16.5. The van der Waals surface area contributed by atoms with E-state index in [0.29, 0.717) is 12.8 Å². The molecule has 0 radical (unpaired) electrons. The first kappa shape index (κ1) is 27.5. The van der Waals surface area contributed by atoms with Gasteiger partial charge in [0.2, 0.25) is 0 Å². The van der Waals surface area contributed by atoms with E-state index in [2.05, 4.69) is 11.9 Å². The Labute approximate surface area is 208 Å². The van der Waals surface area contributed by atoms with Crippen LogP contribution < -0.4 is 0 Å². The lowest BCUT2D eigenvalue weighted by molar-refractivity contribution is -0.154. The number of aliphatic hydroxyl groups is 2. The maximum Gasteiger partial charge on any atom is 0.309 e. The summed E-state index contributed by atoms with van der Waals surface area (Å²) in [5, 5.41) is 21.9. The average Bonchev–Trinajstić information content (AvgIpc) is 3.45. The van der Waals surface area contributed by atoms with Crippen LogP contribution in [0, 0.1) is 17.3 Å². The Morgan fingerprint density at radius 1 is 1.20 bits per heavy atom. The van der Waals surface area contributed by atoms with Crippen LogP contribution in [0.5, 0.6) is 0 Å². The molecule has 3 rings (SSSR count). The molecule has 2 saturated heterocycles. The van der Waals surface area contributed by atoms with E-state index in [0.717, 1.165) is 25.0 Å².